The predicted octanol–water partition coefficient (Wildman–Crippen LogP) is 4.11. The zero-order chi connectivity index (χ0) is 26.5. The fourth-order valence-corrected chi connectivity index (χ4v) is 4.71. The van der Waals surface area contributed by atoms with Crippen molar-refractivity contribution >= 4 is 11.9 Å². The second kappa shape index (κ2) is 11.2. The molecule has 2 aliphatic rings. The van der Waals surface area contributed by atoms with E-state index in [1.807, 2.05) is 13.0 Å². The number of H-pyrrole nitrogens is 1. The Hall–Kier alpha value is -3.88. The number of carbonyl (C=O) groups is 1. The summed E-state index contributed by atoms with van der Waals surface area (Å²) in [6.07, 6.45) is 6.24. The maximum atomic E-state index is 13.6. The normalized spacial score (nSPS) is 22.0. The largest absolute Gasteiger partial charge is 0.353 e. The van der Waals surface area contributed by atoms with Gasteiger partial charge in [-0.25, -0.2) is 19.3 Å². The fraction of sp³-hybridized carbons (Fsp3) is 0.444. The van der Waals surface area contributed by atoms with Gasteiger partial charge in [0.25, 0.3) is 0 Å². The van der Waals surface area contributed by atoms with Crippen LogP contribution in [0.15, 0.2) is 36.5 Å². The van der Waals surface area contributed by atoms with E-state index >= 15 is 0 Å². The monoisotopic (exact) mass is 519 g/mol. The number of amides is 1. The number of benzene rings is 1. The molecule has 1 saturated carbocycles. The smallest absolute Gasteiger partial charge is 0.230 e. The Morgan fingerprint density at radius 2 is 1.89 bits per heavy atom. The molecule has 3 N–H and O–H groups in total. The number of ether oxygens (including phenoxy) is 2. The van der Waals surface area contributed by atoms with Crippen molar-refractivity contribution in [3.8, 4) is 28.7 Å². The number of nitriles is 1. The molecule has 1 aromatic carbocycles. The molecule has 1 saturated heterocycles. The van der Waals surface area contributed by atoms with Crippen LogP contribution >= 0.6 is 0 Å². The summed E-state index contributed by atoms with van der Waals surface area (Å²) >= 11 is 0. The van der Waals surface area contributed by atoms with E-state index in [2.05, 4.69) is 25.6 Å². The molecule has 10 nitrogen and oxygen atoms in total. The molecule has 2 fully saturated rings. The average molecular weight is 520 g/mol. The van der Waals surface area contributed by atoms with Crippen LogP contribution < -0.4 is 10.6 Å². The van der Waals surface area contributed by atoms with Gasteiger partial charge in [0.2, 0.25) is 18.1 Å². The molecule has 3 aromatic rings. The molecule has 0 spiro atoms. The van der Waals surface area contributed by atoms with Gasteiger partial charge in [-0.1, -0.05) is 19.3 Å². The Bertz CT molecular complexity index is 1310. The molecule has 0 radical (unpaired) electrons. The molecule has 1 aliphatic carbocycles. The van der Waals surface area contributed by atoms with E-state index in [4.69, 9.17) is 19.7 Å². The Balaban J connectivity index is 1.37. The van der Waals surface area contributed by atoms with E-state index in [1.165, 1.54) is 18.6 Å². The minimum absolute atomic E-state index is 0.0549. The lowest BCUT2D eigenvalue weighted by atomic mass is 9.89. The molecule has 38 heavy (non-hydrogen) atoms. The molecule has 1 aliphatic heterocycles. The highest BCUT2D eigenvalue weighted by atomic mass is 19.1. The minimum atomic E-state index is -0.823. The van der Waals surface area contributed by atoms with E-state index in [0.29, 0.717) is 28.5 Å². The summed E-state index contributed by atoms with van der Waals surface area (Å²) in [5, 5.41) is 14.9. The Labute approximate surface area is 220 Å². The first-order valence-corrected chi connectivity index (χ1v) is 12.8. The summed E-state index contributed by atoms with van der Waals surface area (Å²) in [5.41, 5.74) is 1.47. The third-order valence-corrected chi connectivity index (χ3v) is 6.90. The number of rotatable bonds is 7. The molecule has 2 aromatic heterocycles. The number of aromatic nitrogens is 4. The SMILES string of the molecule is CC1(C(=O)NC2CCCCC2)COC(c2nc(-c3ccc(F)cc3)c(-c3ccnc(NCC#N)n3)[nH]2)OC1. The number of hydrogen-bond acceptors (Lipinski definition) is 8. The van der Waals surface area contributed by atoms with Gasteiger partial charge in [0.05, 0.1) is 41.8 Å². The summed E-state index contributed by atoms with van der Waals surface area (Å²) in [5.74, 6) is 0.267. The summed E-state index contributed by atoms with van der Waals surface area (Å²) in [6.45, 7) is 2.25. The third-order valence-electron chi connectivity index (χ3n) is 6.90. The van der Waals surface area contributed by atoms with Crippen LogP contribution in [-0.4, -0.2) is 51.6 Å². The van der Waals surface area contributed by atoms with Gasteiger partial charge < -0.3 is 25.1 Å². The molecule has 0 atom stereocenters. The van der Waals surface area contributed by atoms with E-state index < -0.39 is 11.7 Å². The molecule has 0 unspecified atom stereocenters. The molecule has 5 rings (SSSR count). The molecule has 1 amide bonds. The zero-order valence-electron chi connectivity index (χ0n) is 21.2. The van der Waals surface area contributed by atoms with Gasteiger partial charge in [0.15, 0.2) is 5.82 Å². The number of carbonyl (C=O) groups excluding carboxylic acids is 1. The highest BCUT2D eigenvalue weighted by Gasteiger charge is 2.41. The van der Waals surface area contributed by atoms with Gasteiger partial charge in [-0.15, -0.1) is 0 Å². The first kappa shape index (κ1) is 25.8. The zero-order valence-corrected chi connectivity index (χ0v) is 21.2. The number of nitrogens with one attached hydrogen (secondary N) is 3. The van der Waals surface area contributed by atoms with Crippen molar-refractivity contribution in [3.63, 3.8) is 0 Å². The van der Waals surface area contributed by atoms with Crippen molar-refractivity contribution in [2.75, 3.05) is 25.1 Å². The van der Waals surface area contributed by atoms with E-state index in [-0.39, 0.29) is 43.5 Å². The van der Waals surface area contributed by atoms with Gasteiger partial charge in [0, 0.05) is 17.8 Å². The second-order valence-corrected chi connectivity index (χ2v) is 9.95. The summed E-state index contributed by atoms with van der Waals surface area (Å²) in [6, 6.07) is 9.88. The highest BCUT2D eigenvalue weighted by Crippen LogP contribution is 2.36. The van der Waals surface area contributed by atoms with Crippen LogP contribution in [0.4, 0.5) is 10.3 Å². The van der Waals surface area contributed by atoms with E-state index in [1.54, 1.807) is 24.4 Å². The van der Waals surface area contributed by atoms with Crippen LogP contribution in [-0.2, 0) is 14.3 Å². The topological polar surface area (TPSA) is 138 Å². The standard InChI is InChI=1S/C27H30FN7O3/c1-27(25(36)32-19-5-3-2-4-6-19)15-37-24(38-16-27)23-34-21(17-7-9-18(28)10-8-17)22(35-23)20-11-13-30-26(33-20)31-14-12-29/h7-11,13,19,24H,2-6,14-16H2,1H3,(H,32,36)(H,34,35)(H,30,31,33). The van der Waals surface area contributed by atoms with Crippen LogP contribution in [0.2, 0.25) is 0 Å². The Kier molecular flexibility index (Phi) is 7.62. The summed E-state index contributed by atoms with van der Waals surface area (Å²) in [7, 11) is 0. The molecule has 198 valence electrons. The quantitative estimate of drug-likeness (QED) is 0.397. The van der Waals surface area contributed by atoms with Gasteiger partial charge in [-0.3, -0.25) is 4.79 Å². The van der Waals surface area contributed by atoms with Crippen LogP contribution in [0.25, 0.3) is 22.6 Å². The van der Waals surface area contributed by atoms with Crippen molar-refractivity contribution in [1.29, 1.82) is 5.26 Å². The highest BCUT2D eigenvalue weighted by molar-refractivity contribution is 5.83. The molecule has 11 heteroatoms. The van der Waals surface area contributed by atoms with E-state index in [9.17, 15) is 9.18 Å². The van der Waals surface area contributed by atoms with Crippen molar-refractivity contribution in [2.24, 2.45) is 5.41 Å². The lowest BCUT2D eigenvalue weighted by Gasteiger charge is -2.37. The summed E-state index contributed by atoms with van der Waals surface area (Å²) < 4.78 is 25.6. The third kappa shape index (κ3) is 5.66. The van der Waals surface area contributed by atoms with Gasteiger partial charge in [-0.05, 0) is 50.1 Å². The summed E-state index contributed by atoms with van der Waals surface area (Å²) in [4.78, 5) is 29.6. The number of halogens is 1. The lowest BCUT2D eigenvalue weighted by molar-refractivity contribution is -0.231. The van der Waals surface area contributed by atoms with Crippen LogP contribution in [0.1, 0.15) is 51.1 Å². The minimum Gasteiger partial charge on any atom is -0.353 e. The Morgan fingerprint density at radius 1 is 1.16 bits per heavy atom. The molecule has 0 bridgehead atoms. The molecular formula is C27H30FN7O3. The average Bonchev–Trinajstić information content (AvgIpc) is 3.39. The van der Waals surface area contributed by atoms with Crippen molar-refractivity contribution in [2.45, 2.75) is 51.4 Å². The van der Waals surface area contributed by atoms with Gasteiger partial charge >= 0.3 is 0 Å². The number of aromatic amines is 1. The number of hydrogen-bond donors (Lipinski definition) is 3. The van der Waals surface area contributed by atoms with Gasteiger partial charge in [0.1, 0.15) is 12.4 Å². The first-order valence-electron chi connectivity index (χ1n) is 12.8. The number of nitrogens with zero attached hydrogens (tertiary/aromatic N) is 4. The number of anilines is 1. The van der Waals surface area contributed by atoms with Crippen LogP contribution in [0.5, 0.6) is 0 Å². The second-order valence-electron chi connectivity index (χ2n) is 9.95. The molecule has 3 heterocycles. The van der Waals surface area contributed by atoms with E-state index in [0.717, 1.165) is 25.7 Å². The number of imidazole rings is 1. The van der Waals surface area contributed by atoms with Crippen molar-refractivity contribution in [1.82, 2.24) is 25.3 Å². The van der Waals surface area contributed by atoms with Gasteiger partial charge in [-0.2, -0.15) is 5.26 Å². The first-order chi connectivity index (χ1) is 18.4. The molecular weight excluding hydrogens is 489 g/mol. The van der Waals surface area contributed by atoms with Crippen molar-refractivity contribution in [3.05, 3.63) is 48.2 Å². The Morgan fingerprint density at radius 3 is 2.61 bits per heavy atom. The predicted molar refractivity (Wildman–Crippen MR) is 137 cm³/mol. The maximum absolute atomic E-state index is 13.6. The van der Waals surface area contributed by atoms with Crippen LogP contribution in [0.3, 0.4) is 0 Å². The van der Waals surface area contributed by atoms with Crippen LogP contribution in [0, 0.1) is 22.6 Å². The lowest BCUT2D eigenvalue weighted by Crippen LogP contribution is -2.51. The maximum Gasteiger partial charge on any atom is 0.230 e. The van der Waals surface area contributed by atoms with Crippen molar-refractivity contribution < 1.29 is 18.7 Å². The fourth-order valence-electron chi connectivity index (χ4n) is 4.71.